The summed E-state index contributed by atoms with van der Waals surface area (Å²) >= 11 is 0. The SMILES string of the molecule is CC1CN(c2c(C(=O)O)c(=O)c3cc(F)cc(F)c3n2N)CCN1C. The molecule has 134 valence electrons. The molecule has 1 aliphatic rings. The van der Waals surface area contributed by atoms with E-state index in [2.05, 4.69) is 4.90 Å². The summed E-state index contributed by atoms with van der Waals surface area (Å²) in [6.45, 7) is 3.41. The molecular weight excluding hydrogens is 334 g/mol. The Morgan fingerprint density at radius 1 is 1.32 bits per heavy atom. The van der Waals surface area contributed by atoms with E-state index >= 15 is 0 Å². The molecule has 0 saturated carbocycles. The van der Waals surface area contributed by atoms with Crippen LogP contribution < -0.4 is 16.2 Å². The lowest BCUT2D eigenvalue weighted by Gasteiger charge is -2.39. The third kappa shape index (κ3) is 2.70. The topological polar surface area (TPSA) is 91.8 Å². The first-order valence-electron chi connectivity index (χ1n) is 7.73. The number of pyridine rings is 1. The zero-order chi connectivity index (χ0) is 18.5. The highest BCUT2D eigenvalue weighted by Crippen LogP contribution is 2.26. The number of rotatable bonds is 2. The van der Waals surface area contributed by atoms with Crippen LogP contribution in [0, 0.1) is 11.6 Å². The van der Waals surface area contributed by atoms with Crippen molar-refractivity contribution in [3.05, 3.63) is 39.6 Å². The highest BCUT2D eigenvalue weighted by Gasteiger charge is 2.30. The van der Waals surface area contributed by atoms with Gasteiger partial charge in [-0.05, 0) is 20.0 Å². The fourth-order valence-corrected chi connectivity index (χ4v) is 3.19. The molecule has 1 atom stereocenters. The molecule has 0 spiro atoms. The van der Waals surface area contributed by atoms with Crippen molar-refractivity contribution in [3.63, 3.8) is 0 Å². The lowest BCUT2D eigenvalue weighted by molar-refractivity contribution is 0.0695. The number of nitrogens with zero attached hydrogens (tertiary/aromatic N) is 3. The minimum absolute atomic E-state index is 0.0736. The van der Waals surface area contributed by atoms with Crippen molar-refractivity contribution in [1.82, 2.24) is 9.58 Å². The van der Waals surface area contributed by atoms with E-state index in [0.717, 1.165) is 10.7 Å². The largest absolute Gasteiger partial charge is 0.477 e. The Kier molecular flexibility index (Phi) is 4.11. The average Bonchev–Trinajstić information content (AvgIpc) is 2.52. The Balaban J connectivity index is 2.34. The summed E-state index contributed by atoms with van der Waals surface area (Å²) in [4.78, 5) is 28.0. The number of anilines is 1. The van der Waals surface area contributed by atoms with Crippen LogP contribution in [0.3, 0.4) is 0 Å². The van der Waals surface area contributed by atoms with Crippen molar-refractivity contribution in [2.24, 2.45) is 0 Å². The first-order chi connectivity index (χ1) is 11.7. The molecule has 0 amide bonds. The van der Waals surface area contributed by atoms with E-state index in [1.165, 1.54) is 0 Å². The third-order valence-corrected chi connectivity index (χ3v) is 4.67. The predicted molar refractivity (Wildman–Crippen MR) is 89.5 cm³/mol. The smallest absolute Gasteiger partial charge is 0.343 e. The number of halogens is 2. The van der Waals surface area contributed by atoms with E-state index < -0.39 is 34.0 Å². The van der Waals surface area contributed by atoms with Crippen molar-refractivity contribution in [3.8, 4) is 0 Å². The van der Waals surface area contributed by atoms with E-state index in [-0.39, 0.29) is 17.4 Å². The Bertz CT molecular complexity index is 928. The van der Waals surface area contributed by atoms with Crippen LogP contribution in [0.4, 0.5) is 14.6 Å². The van der Waals surface area contributed by atoms with Gasteiger partial charge in [0.05, 0.1) is 5.39 Å². The average molecular weight is 352 g/mol. The standard InChI is InChI=1S/C16H18F2N4O3/c1-8-7-21(4-3-20(8)2)15-12(16(24)25)14(23)10-5-9(17)6-11(18)13(10)22(15)19/h5-6,8H,3-4,7,19H2,1-2H3,(H,24,25). The van der Waals surface area contributed by atoms with Gasteiger partial charge in [0.25, 0.3) is 0 Å². The zero-order valence-electron chi connectivity index (χ0n) is 13.8. The van der Waals surface area contributed by atoms with Crippen LogP contribution in [0.15, 0.2) is 16.9 Å². The molecule has 1 unspecified atom stereocenters. The van der Waals surface area contributed by atoms with Crippen LogP contribution in [0.1, 0.15) is 17.3 Å². The monoisotopic (exact) mass is 352 g/mol. The first kappa shape index (κ1) is 17.2. The van der Waals surface area contributed by atoms with Gasteiger partial charge in [-0.2, -0.15) is 0 Å². The lowest BCUT2D eigenvalue weighted by Crippen LogP contribution is -2.52. The molecule has 7 nitrogen and oxygen atoms in total. The number of hydrogen-bond donors (Lipinski definition) is 2. The second-order valence-corrected chi connectivity index (χ2v) is 6.26. The summed E-state index contributed by atoms with van der Waals surface area (Å²) in [6.07, 6.45) is 0. The normalized spacial score (nSPS) is 18.7. The summed E-state index contributed by atoms with van der Waals surface area (Å²) < 4.78 is 28.6. The van der Waals surface area contributed by atoms with Crippen molar-refractivity contribution in [1.29, 1.82) is 0 Å². The quantitative estimate of drug-likeness (QED) is 0.778. The van der Waals surface area contributed by atoms with Gasteiger partial charge < -0.3 is 20.7 Å². The minimum atomic E-state index is -1.49. The molecule has 1 aromatic heterocycles. The maximum Gasteiger partial charge on any atom is 0.343 e. The van der Waals surface area contributed by atoms with E-state index in [0.29, 0.717) is 25.7 Å². The van der Waals surface area contributed by atoms with Crippen LogP contribution in [0.25, 0.3) is 10.9 Å². The Morgan fingerprint density at radius 3 is 2.60 bits per heavy atom. The number of likely N-dealkylation sites (N-methyl/N-ethyl adjacent to an activating group) is 1. The number of carboxylic acids is 1. The van der Waals surface area contributed by atoms with E-state index in [1.54, 1.807) is 4.90 Å². The van der Waals surface area contributed by atoms with Crippen molar-refractivity contribution < 1.29 is 18.7 Å². The fourth-order valence-electron chi connectivity index (χ4n) is 3.19. The number of nitrogens with two attached hydrogens (primary N) is 1. The number of carbonyl (C=O) groups is 1. The van der Waals surface area contributed by atoms with Crippen LogP contribution in [-0.2, 0) is 0 Å². The number of aromatic nitrogens is 1. The van der Waals surface area contributed by atoms with Crippen LogP contribution >= 0.6 is 0 Å². The molecule has 9 heteroatoms. The number of fused-ring (bicyclic) bond motifs is 1. The van der Waals surface area contributed by atoms with E-state index in [9.17, 15) is 23.5 Å². The van der Waals surface area contributed by atoms with Gasteiger partial charge in [0.1, 0.15) is 22.7 Å². The summed E-state index contributed by atoms with van der Waals surface area (Å²) in [6, 6.07) is 1.49. The first-order valence-corrected chi connectivity index (χ1v) is 7.73. The van der Waals surface area contributed by atoms with Gasteiger partial charge in [0.15, 0.2) is 5.82 Å². The van der Waals surface area contributed by atoms with Crippen molar-refractivity contribution in [2.45, 2.75) is 13.0 Å². The molecule has 2 aromatic rings. The minimum Gasteiger partial charge on any atom is -0.477 e. The number of aromatic carboxylic acids is 1. The highest BCUT2D eigenvalue weighted by molar-refractivity contribution is 5.98. The fraction of sp³-hybridized carbons (Fsp3) is 0.375. The molecule has 25 heavy (non-hydrogen) atoms. The summed E-state index contributed by atoms with van der Waals surface area (Å²) in [5, 5.41) is 9.12. The van der Waals surface area contributed by atoms with Gasteiger partial charge in [-0.1, -0.05) is 0 Å². The van der Waals surface area contributed by atoms with Crippen LogP contribution in [-0.4, -0.2) is 53.4 Å². The molecule has 1 aliphatic heterocycles. The zero-order valence-corrected chi connectivity index (χ0v) is 13.8. The van der Waals surface area contributed by atoms with Crippen molar-refractivity contribution in [2.75, 3.05) is 37.4 Å². The maximum atomic E-state index is 14.3. The van der Waals surface area contributed by atoms with Crippen molar-refractivity contribution >= 4 is 22.7 Å². The number of benzene rings is 1. The van der Waals surface area contributed by atoms with Gasteiger partial charge in [0, 0.05) is 31.7 Å². The van der Waals surface area contributed by atoms with Gasteiger partial charge >= 0.3 is 5.97 Å². The summed E-state index contributed by atoms with van der Waals surface area (Å²) in [7, 11) is 1.93. The molecule has 2 heterocycles. The summed E-state index contributed by atoms with van der Waals surface area (Å²) in [5.74, 6) is 2.43. The summed E-state index contributed by atoms with van der Waals surface area (Å²) in [5.41, 5.74) is -1.86. The van der Waals surface area contributed by atoms with Gasteiger partial charge in [-0.15, -0.1) is 0 Å². The van der Waals surface area contributed by atoms with E-state index in [4.69, 9.17) is 5.84 Å². The molecule has 1 saturated heterocycles. The number of nitrogen functional groups attached to an aromatic ring is 1. The molecule has 1 fully saturated rings. The second kappa shape index (κ2) is 5.99. The highest BCUT2D eigenvalue weighted by atomic mass is 19.1. The molecule has 1 aromatic carbocycles. The third-order valence-electron chi connectivity index (χ3n) is 4.67. The Hall–Kier alpha value is -2.68. The predicted octanol–water partition coefficient (Wildman–Crippen LogP) is 0.832. The molecule has 0 radical (unpaired) electrons. The van der Waals surface area contributed by atoms with Gasteiger partial charge in [0.2, 0.25) is 5.43 Å². The van der Waals surface area contributed by atoms with Gasteiger partial charge in [-0.3, -0.25) is 4.79 Å². The van der Waals surface area contributed by atoms with Gasteiger partial charge in [-0.25, -0.2) is 18.3 Å². The maximum absolute atomic E-state index is 14.3. The van der Waals surface area contributed by atoms with Crippen LogP contribution in [0.2, 0.25) is 0 Å². The van der Waals surface area contributed by atoms with Crippen LogP contribution in [0.5, 0.6) is 0 Å². The molecule has 0 aliphatic carbocycles. The lowest BCUT2D eigenvalue weighted by atomic mass is 10.1. The Morgan fingerprint density at radius 2 is 2.00 bits per heavy atom. The molecule has 3 N–H and O–H groups in total. The number of hydrogen-bond acceptors (Lipinski definition) is 5. The number of carboxylic acid groups (broad SMARTS) is 1. The second-order valence-electron chi connectivity index (χ2n) is 6.26. The molecule has 3 rings (SSSR count). The molecule has 0 bridgehead atoms. The van der Waals surface area contributed by atoms with E-state index in [1.807, 2.05) is 14.0 Å². The Labute approximate surface area is 141 Å². The number of piperazine rings is 1. The molecular formula is C16H18F2N4O3.